The van der Waals surface area contributed by atoms with Crippen LogP contribution in [0.5, 0.6) is 0 Å². The summed E-state index contributed by atoms with van der Waals surface area (Å²) in [5.74, 6) is 0.525. The number of aryl methyl sites for hydroxylation is 2. The summed E-state index contributed by atoms with van der Waals surface area (Å²) < 4.78 is 3.83. The average molecular weight is 536 g/mol. The summed E-state index contributed by atoms with van der Waals surface area (Å²) in [7, 11) is 0. The van der Waals surface area contributed by atoms with Gasteiger partial charge in [-0.15, -0.1) is 10.2 Å². The van der Waals surface area contributed by atoms with Crippen LogP contribution in [-0.2, 0) is 24.8 Å². The molecule has 1 N–H and O–H groups in total. The van der Waals surface area contributed by atoms with Crippen molar-refractivity contribution in [2.75, 3.05) is 0 Å². The van der Waals surface area contributed by atoms with Crippen LogP contribution < -0.4 is 5.69 Å². The van der Waals surface area contributed by atoms with E-state index in [4.69, 9.17) is 0 Å². The number of imidazole rings is 1. The van der Waals surface area contributed by atoms with Crippen LogP contribution in [0.25, 0.3) is 28.2 Å². The SMILES string of the molecule is CCCc1cccc(C(C)(C)C)c1-n1cc(CCC)n(Cc2ccc(-c3cnccc3-c3nn[nH]n3)cc2)c1=O. The predicted octanol–water partition coefficient (Wildman–Crippen LogP) is 6.13. The van der Waals surface area contributed by atoms with E-state index < -0.39 is 0 Å². The molecule has 5 rings (SSSR count). The van der Waals surface area contributed by atoms with Crippen molar-refractivity contribution in [3.8, 4) is 28.2 Å². The molecule has 0 radical (unpaired) electrons. The summed E-state index contributed by atoms with van der Waals surface area (Å²) in [5, 5.41) is 14.5. The molecular weight excluding hydrogens is 498 g/mol. The molecule has 0 unspecified atom stereocenters. The number of pyridine rings is 1. The molecule has 0 aliphatic carbocycles. The molecule has 8 heteroatoms. The van der Waals surface area contributed by atoms with E-state index in [9.17, 15) is 4.79 Å². The third kappa shape index (κ3) is 5.39. The molecular formula is C32H37N7O. The number of rotatable bonds is 9. The molecule has 0 aliphatic rings. The molecule has 2 aromatic carbocycles. The molecule has 206 valence electrons. The lowest BCUT2D eigenvalue weighted by atomic mass is 9.84. The van der Waals surface area contributed by atoms with E-state index in [1.807, 2.05) is 21.4 Å². The molecule has 3 heterocycles. The monoisotopic (exact) mass is 535 g/mol. The molecule has 0 saturated heterocycles. The van der Waals surface area contributed by atoms with E-state index in [2.05, 4.69) is 109 Å². The molecule has 0 saturated carbocycles. The zero-order chi connectivity index (χ0) is 28.3. The number of aromatic nitrogens is 7. The number of nitrogens with zero attached hydrogens (tertiary/aromatic N) is 6. The summed E-state index contributed by atoms with van der Waals surface area (Å²) in [6, 6.07) is 16.6. The third-order valence-corrected chi connectivity index (χ3v) is 7.27. The summed E-state index contributed by atoms with van der Waals surface area (Å²) in [5.41, 5.74) is 8.26. The van der Waals surface area contributed by atoms with Crippen LogP contribution >= 0.6 is 0 Å². The van der Waals surface area contributed by atoms with Crippen molar-refractivity contribution in [3.05, 3.63) is 100.0 Å². The highest BCUT2D eigenvalue weighted by molar-refractivity contribution is 5.79. The number of hydrogen-bond acceptors (Lipinski definition) is 5. The number of hydrogen-bond donors (Lipinski definition) is 1. The minimum absolute atomic E-state index is 0.00762. The number of tetrazole rings is 1. The van der Waals surface area contributed by atoms with Gasteiger partial charge in [-0.05, 0) is 51.8 Å². The minimum atomic E-state index is -0.0893. The van der Waals surface area contributed by atoms with Gasteiger partial charge in [0.1, 0.15) is 0 Å². The molecule has 0 atom stereocenters. The van der Waals surface area contributed by atoms with Gasteiger partial charge in [0.2, 0.25) is 5.82 Å². The molecule has 0 spiro atoms. The maximum absolute atomic E-state index is 14.1. The summed E-state index contributed by atoms with van der Waals surface area (Å²) in [6.07, 6.45) is 9.36. The van der Waals surface area contributed by atoms with Gasteiger partial charge in [-0.25, -0.2) is 4.79 Å². The number of H-pyrrole nitrogens is 1. The van der Waals surface area contributed by atoms with Crippen LogP contribution in [0.4, 0.5) is 0 Å². The lowest BCUT2D eigenvalue weighted by Gasteiger charge is -2.25. The van der Waals surface area contributed by atoms with Crippen LogP contribution in [0.15, 0.2) is 71.9 Å². The predicted molar refractivity (Wildman–Crippen MR) is 159 cm³/mol. The Morgan fingerprint density at radius 2 is 1.70 bits per heavy atom. The topological polar surface area (TPSA) is 94.3 Å². The average Bonchev–Trinajstić information content (AvgIpc) is 3.58. The first-order valence-electron chi connectivity index (χ1n) is 14.0. The Morgan fingerprint density at radius 1 is 0.925 bits per heavy atom. The van der Waals surface area contributed by atoms with Crippen molar-refractivity contribution >= 4 is 0 Å². The maximum atomic E-state index is 14.1. The van der Waals surface area contributed by atoms with E-state index in [1.165, 1.54) is 11.1 Å². The van der Waals surface area contributed by atoms with E-state index >= 15 is 0 Å². The summed E-state index contributed by atoms with van der Waals surface area (Å²) in [4.78, 5) is 18.4. The first-order valence-corrected chi connectivity index (χ1v) is 14.0. The zero-order valence-electron chi connectivity index (χ0n) is 24.0. The Balaban J connectivity index is 1.53. The fraction of sp³-hybridized carbons (Fsp3) is 0.344. The van der Waals surface area contributed by atoms with Crippen molar-refractivity contribution in [3.63, 3.8) is 0 Å². The van der Waals surface area contributed by atoms with Crippen molar-refractivity contribution in [1.29, 1.82) is 0 Å². The standard InChI is InChI=1S/C32H37N7O/c1-6-9-24-11-8-12-28(32(3,4)5)29(24)39-21-25(10-7-2)38(31(39)40)20-22-13-15-23(16-14-22)27-19-33-18-17-26(27)30-34-36-37-35-30/h8,11-19,21H,6-7,9-10,20H2,1-5H3,(H,34,35,36,37). The Bertz CT molecular complexity index is 1640. The van der Waals surface area contributed by atoms with E-state index in [0.717, 1.165) is 59.3 Å². The van der Waals surface area contributed by atoms with Gasteiger partial charge in [-0.2, -0.15) is 5.21 Å². The summed E-state index contributed by atoms with van der Waals surface area (Å²) in [6.45, 7) is 11.5. The van der Waals surface area contributed by atoms with Gasteiger partial charge in [0.15, 0.2) is 0 Å². The number of aromatic amines is 1. The largest absolute Gasteiger partial charge is 0.333 e. The Kier molecular flexibility index (Phi) is 7.78. The van der Waals surface area contributed by atoms with Crippen molar-refractivity contribution in [2.45, 2.75) is 72.3 Å². The molecule has 40 heavy (non-hydrogen) atoms. The fourth-order valence-corrected chi connectivity index (χ4v) is 5.33. The van der Waals surface area contributed by atoms with Crippen molar-refractivity contribution < 1.29 is 0 Å². The van der Waals surface area contributed by atoms with Gasteiger partial charge in [0.25, 0.3) is 0 Å². The highest BCUT2D eigenvalue weighted by Crippen LogP contribution is 2.32. The number of para-hydroxylation sites is 1. The van der Waals surface area contributed by atoms with Crippen LogP contribution in [0.1, 0.15) is 69.8 Å². The van der Waals surface area contributed by atoms with Gasteiger partial charge in [-0.1, -0.05) is 89.9 Å². The Labute approximate surface area is 235 Å². The molecule has 0 amide bonds. The molecule has 0 fully saturated rings. The Morgan fingerprint density at radius 3 is 2.38 bits per heavy atom. The van der Waals surface area contributed by atoms with Crippen molar-refractivity contribution in [2.24, 2.45) is 0 Å². The van der Waals surface area contributed by atoms with Crippen molar-refractivity contribution in [1.82, 2.24) is 34.7 Å². The molecule has 8 nitrogen and oxygen atoms in total. The van der Waals surface area contributed by atoms with E-state index in [1.54, 1.807) is 6.20 Å². The zero-order valence-corrected chi connectivity index (χ0v) is 24.0. The van der Waals surface area contributed by atoms with Crippen LogP contribution in [0.2, 0.25) is 0 Å². The lowest BCUT2D eigenvalue weighted by molar-refractivity contribution is 0.583. The van der Waals surface area contributed by atoms with Crippen LogP contribution in [-0.4, -0.2) is 34.7 Å². The van der Waals surface area contributed by atoms with Gasteiger partial charge in [-0.3, -0.25) is 14.1 Å². The second-order valence-corrected chi connectivity index (χ2v) is 11.3. The summed E-state index contributed by atoms with van der Waals surface area (Å²) >= 11 is 0. The van der Waals surface area contributed by atoms with Gasteiger partial charge in [0.05, 0.1) is 12.2 Å². The van der Waals surface area contributed by atoms with E-state index in [-0.39, 0.29) is 11.1 Å². The third-order valence-electron chi connectivity index (χ3n) is 7.27. The maximum Gasteiger partial charge on any atom is 0.333 e. The minimum Gasteiger partial charge on any atom is -0.292 e. The quantitative estimate of drug-likeness (QED) is 0.245. The van der Waals surface area contributed by atoms with Gasteiger partial charge < -0.3 is 0 Å². The normalized spacial score (nSPS) is 11.7. The Hall–Kier alpha value is -4.33. The van der Waals surface area contributed by atoms with E-state index in [0.29, 0.717) is 12.4 Å². The first kappa shape index (κ1) is 27.2. The molecule has 0 bridgehead atoms. The smallest absolute Gasteiger partial charge is 0.292 e. The first-order chi connectivity index (χ1) is 19.3. The van der Waals surface area contributed by atoms with Crippen LogP contribution in [0, 0.1) is 0 Å². The molecule has 5 aromatic rings. The van der Waals surface area contributed by atoms with Crippen LogP contribution in [0.3, 0.4) is 0 Å². The molecule has 0 aliphatic heterocycles. The highest BCUT2D eigenvalue weighted by Gasteiger charge is 2.24. The van der Waals surface area contributed by atoms with Gasteiger partial charge in [0, 0.05) is 35.4 Å². The van der Waals surface area contributed by atoms with Gasteiger partial charge >= 0.3 is 5.69 Å². The number of nitrogens with one attached hydrogen (secondary N) is 1. The fourth-order valence-electron chi connectivity index (χ4n) is 5.33. The number of benzene rings is 2. The molecule has 3 aromatic heterocycles. The second kappa shape index (κ2) is 11.4. The second-order valence-electron chi connectivity index (χ2n) is 11.3. The highest BCUT2D eigenvalue weighted by atomic mass is 16.1. The lowest BCUT2D eigenvalue weighted by Crippen LogP contribution is -2.27.